The first kappa shape index (κ1) is 31.3. The van der Waals surface area contributed by atoms with Crippen LogP contribution in [0.5, 0.6) is 0 Å². The minimum absolute atomic E-state index is 0.408. The number of nitrogens with zero attached hydrogens (tertiary/aromatic N) is 4. The van der Waals surface area contributed by atoms with E-state index in [1.54, 1.807) is 12.5 Å². The molecule has 0 aromatic carbocycles. The first-order chi connectivity index (χ1) is 18.3. The SMILES string of the molecule is O=C(O)C(F)(F)F.O=C(O)C(F)(F)F.c1ccc(COCC2CN(Cc3ccoc3)Cc3nccn3C2)nc1. The van der Waals surface area contributed by atoms with E-state index in [1.807, 2.05) is 36.7 Å². The van der Waals surface area contributed by atoms with Crippen molar-refractivity contribution < 1.29 is 55.3 Å². The molecule has 0 saturated heterocycles. The quantitative estimate of drug-likeness (QED) is 0.426. The normalized spacial score (nSPS) is 15.6. The summed E-state index contributed by atoms with van der Waals surface area (Å²) < 4.78 is 76.9. The van der Waals surface area contributed by atoms with Gasteiger partial charge in [0.1, 0.15) is 5.82 Å². The van der Waals surface area contributed by atoms with Crippen molar-refractivity contribution in [2.75, 3.05) is 13.2 Å². The number of rotatable bonds is 6. The summed E-state index contributed by atoms with van der Waals surface area (Å²) in [6.45, 7) is 4.86. The number of furan rings is 1. The molecule has 0 bridgehead atoms. The average molecular weight is 566 g/mol. The molecule has 0 saturated carbocycles. The Morgan fingerprint density at radius 1 is 1.00 bits per heavy atom. The van der Waals surface area contributed by atoms with Crippen molar-refractivity contribution in [3.05, 3.63) is 72.5 Å². The average Bonchev–Trinajstić information content (AvgIpc) is 3.48. The van der Waals surface area contributed by atoms with E-state index in [2.05, 4.69) is 25.6 Å². The highest BCUT2D eigenvalue weighted by molar-refractivity contribution is 5.73. The molecule has 2 N–H and O–H groups in total. The van der Waals surface area contributed by atoms with Crippen LogP contribution in [0.2, 0.25) is 0 Å². The molecule has 0 radical (unpaired) electrons. The van der Waals surface area contributed by atoms with Gasteiger partial charge in [-0.05, 0) is 18.2 Å². The minimum atomic E-state index is -5.08. The predicted molar refractivity (Wildman–Crippen MR) is 120 cm³/mol. The molecule has 0 aliphatic carbocycles. The van der Waals surface area contributed by atoms with Crippen LogP contribution in [0, 0.1) is 5.92 Å². The second kappa shape index (κ2) is 14.3. The lowest BCUT2D eigenvalue weighted by Crippen LogP contribution is -2.30. The lowest BCUT2D eigenvalue weighted by Gasteiger charge is -2.23. The maximum absolute atomic E-state index is 10.6. The van der Waals surface area contributed by atoms with Gasteiger partial charge < -0.3 is 23.9 Å². The second-order valence-corrected chi connectivity index (χ2v) is 8.11. The van der Waals surface area contributed by atoms with Crippen LogP contribution in [0.15, 0.2) is 59.8 Å². The molecule has 1 aliphatic heterocycles. The first-order valence-electron chi connectivity index (χ1n) is 11.1. The predicted octanol–water partition coefficient (Wildman–Crippen LogP) is 3.99. The number of aromatic nitrogens is 3. The fourth-order valence-electron chi connectivity index (χ4n) is 3.30. The number of aliphatic carboxylic acids is 2. The molecule has 16 heteroatoms. The monoisotopic (exact) mass is 566 g/mol. The van der Waals surface area contributed by atoms with Crippen LogP contribution in [0.25, 0.3) is 0 Å². The molecule has 0 amide bonds. The van der Waals surface area contributed by atoms with E-state index in [0.717, 1.165) is 37.7 Å². The third-order valence-electron chi connectivity index (χ3n) is 4.94. The Kier molecular flexibility index (Phi) is 11.5. The number of carbonyl (C=O) groups is 2. The molecular formula is C23H24F6N4O6. The Bertz CT molecular complexity index is 1130. The number of imidazole rings is 1. The van der Waals surface area contributed by atoms with E-state index in [9.17, 15) is 26.3 Å². The van der Waals surface area contributed by atoms with Crippen molar-refractivity contribution in [1.82, 2.24) is 19.4 Å². The Morgan fingerprint density at radius 2 is 1.67 bits per heavy atom. The summed E-state index contributed by atoms with van der Waals surface area (Å²) in [6, 6.07) is 7.92. The highest BCUT2D eigenvalue weighted by Crippen LogP contribution is 2.19. The van der Waals surface area contributed by atoms with E-state index in [1.165, 1.54) is 5.56 Å². The van der Waals surface area contributed by atoms with Crippen LogP contribution in [-0.2, 0) is 40.6 Å². The summed E-state index contributed by atoms with van der Waals surface area (Å²) in [4.78, 5) is 29.0. The number of fused-ring (bicyclic) bond motifs is 1. The van der Waals surface area contributed by atoms with Crippen LogP contribution >= 0.6 is 0 Å². The molecule has 0 spiro atoms. The zero-order valence-electron chi connectivity index (χ0n) is 20.1. The number of hydrogen-bond acceptors (Lipinski definition) is 7. The Balaban J connectivity index is 0.000000317. The smallest absolute Gasteiger partial charge is 0.475 e. The minimum Gasteiger partial charge on any atom is -0.475 e. The van der Waals surface area contributed by atoms with Crippen LogP contribution in [0.3, 0.4) is 0 Å². The van der Waals surface area contributed by atoms with Crippen molar-refractivity contribution >= 4 is 11.9 Å². The van der Waals surface area contributed by atoms with Gasteiger partial charge in [0.25, 0.3) is 0 Å². The number of carboxylic acid groups (broad SMARTS) is 2. The van der Waals surface area contributed by atoms with Crippen molar-refractivity contribution in [2.24, 2.45) is 5.92 Å². The molecule has 0 fully saturated rings. The van der Waals surface area contributed by atoms with E-state index in [4.69, 9.17) is 29.0 Å². The van der Waals surface area contributed by atoms with Gasteiger partial charge in [0.15, 0.2) is 0 Å². The van der Waals surface area contributed by atoms with Crippen molar-refractivity contribution in [1.29, 1.82) is 0 Å². The summed E-state index contributed by atoms with van der Waals surface area (Å²) in [5.41, 5.74) is 2.16. The van der Waals surface area contributed by atoms with Gasteiger partial charge >= 0.3 is 24.3 Å². The number of pyridine rings is 1. The number of halogens is 6. The summed E-state index contributed by atoms with van der Waals surface area (Å²) >= 11 is 0. The Morgan fingerprint density at radius 3 is 2.21 bits per heavy atom. The molecule has 4 rings (SSSR count). The Hall–Kier alpha value is -3.92. The zero-order chi connectivity index (χ0) is 29.1. The van der Waals surface area contributed by atoms with Gasteiger partial charge in [0, 0.05) is 49.7 Å². The van der Waals surface area contributed by atoms with E-state index >= 15 is 0 Å². The van der Waals surface area contributed by atoms with Crippen molar-refractivity contribution in [3.63, 3.8) is 0 Å². The topological polar surface area (TPSA) is 131 Å². The number of hydrogen-bond donors (Lipinski definition) is 2. The van der Waals surface area contributed by atoms with Gasteiger partial charge in [0.2, 0.25) is 0 Å². The Labute approximate surface area is 217 Å². The van der Waals surface area contributed by atoms with E-state index in [-0.39, 0.29) is 0 Å². The fraction of sp³-hybridized carbons (Fsp3) is 0.391. The molecule has 4 heterocycles. The third kappa shape index (κ3) is 11.6. The highest BCUT2D eigenvalue weighted by Gasteiger charge is 2.38. The van der Waals surface area contributed by atoms with Gasteiger partial charge in [-0.3, -0.25) is 9.88 Å². The molecule has 39 heavy (non-hydrogen) atoms. The standard InChI is InChI=1S/C19H22N4O2.2C2HF3O2/c1-2-5-20-18(3-1)15-25-14-17-10-22(9-16-4-8-24-13-16)12-19-21-6-7-23(19)11-17;2*3-2(4,5)1(6)7/h1-8,13,17H,9-12,14-15H2;2*(H,6,7). The summed E-state index contributed by atoms with van der Waals surface area (Å²) in [5, 5.41) is 14.2. The summed E-state index contributed by atoms with van der Waals surface area (Å²) in [7, 11) is 0. The van der Waals surface area contributed by atoms with Crippen LogP contribution < -0.4 is 0 Å². The van der Waals surface area contributed by atoms with Crippen LogP contribution in [-0.4, -0.2) is 67.1 Å². The van der Waals surface area contributed by atoms with E-state index in [0.29, 0.717) is 19.1 Å². The second-order valence-electron chi connectivity index (χ2n) is 8.11. The third-order valence-corrected chi connectivity index (χ3v) is 4.94. The van der Waals surface area contributed by atoms with Crippen LogP contribution in [0.1, 0.15) is 17.1 Å². The highest BCUT2D eigenvalue weighted by atomic mass is 19.4. The fourth-order valence-corrected chi connectivity index (χ4v) is 3.30. The largest absolute Gasteiger partial charge is 0.490 e. The maximum Gasteiger partial charge on any atom is 0.490 e. The van der Waals surface area contributed by atoms with Gasteiger partial charge in [0.05, 0.1) is 38.0 Å². The van der Waals surface area contributed by atoms with Gasteiger partial charge in [-0.15, -0.1) is 0 Å². The molecule has 214 valence electrons. The number of ether oxygens (including phenoxy) is 1. The molecule has 1 aliphatic rings. The molecule has 3 aromatic rings. The first-order valence-corrected chi connectivity index (χ1v) is 11.1. The zero-order valence-corrected chi connectivity index (χ0v) is 20.1. The van der Waals surface area contributed by atoms with Gasteiger partial charge in [-0.25, -0.2) is 14.6 Å². The number of carboxylic acids is 2. The molecule has 3 aromatic heterocycles. The van der Waals surface area contributed by atoms with E-state index < -0.39 is 24.3 Å². The van der Waals surface area contributed by atoms with Crippen molar-refractivity contribution in [2.45, 2.75) is 38.6 Å². The summed E-state index contributed by atoms with van der Waals surface area (Å²) in [5.74, 6) is -4.00. The lowest BCUT2D eigenvalue weighted by atomic mass is 10.1. The molecule has 1 atom stereocenters. The molecular weight excluding hydrogens is 542 g/mol. The van der Waals surface area contributed by atoms with Crippen LogP contribution in [0.4, 0.5) is 26.3 Å². The maximum atomic E-state index is 10.6. The lowest BCUT2D eigenvalue weighted by molar-refractivity contribution is -0.193. The summed E-state index contributed by atoms with van der Waals surface area (Å²) in [6.07, 6.45) is -0.898. The van der Waals surface area contributed by atoms with Crippen molar-refractivity contribution in [3.8, 4) is 0 Å². The molecule has 1 unspecified atom stereocenters. The van der Waals surface area contributed by atoms with Gasteiger partial charge in [-0.2, -0.15) is 26.3 Å². The molecule has 10 nitrogen and oxygen atoms in total. The number of alkyl halides is 6. The van der Waals surface area contributed by atoms with Gasteiger partial charge in [-0.1, -0.05) is 6.07 Å².